The summed E-state index contributed by atoms with van der Waals surface area (Å²) in [6.45, 7) is 1.87. The molecule has 1 amide bonds. The van der Waals surface area contributed by atoms with Crippen LogP contribution in [0.3, 0.4) is 0 Å². The molecule has 0 spiro atoms. The fourth-order valence-electron chi connectivity index (χ4n) is 4.72. The minimum atomic E-state index is -0.0629. The average Bonchev–Trinajstić information content (AvgIpc) is 3.24. The number of amides is 1. The van der Waals surface area contributed by atoms with Gasteiger partial charge in [0.2, 0.25) is 0 Å². The van der Waals surface area contributed by atoms with Crippen molar-refractivity contribution in [1.82, 2.24) is 19.7 Å². The van der Waals surface area contributed by atoms with Crippen LogP contribution in [0.4, 0.5) is 0 Å². The smallest absolute Gasteiger partial charge is 0.257 e. The van der Waals surface area contributed by atoms with Crippen LogP contribution < -0.4 is 10.3 Å². The number of piperidine rings is 1. The molecule has 1 saturated heterocycles. The van der Waals surface area contributed by atoms with E-state index in [1.807, 2.05) is 21.6 Å². The monoisotopic (exact) mass is 424 g/mol. The molecule has 154 valence electrons. The van der Waals surface area contributed by atoms with Crippen molar-refractivity contribution in [3.05, 3.63) is 69.2 Å². The van der Waals surface area contributed by atoms with Gasteiger partial charge in [-0.3, -0.25) is 14.7 Å². The molecule has 2 aromatic heterocycles. The summed E-state index contributed by atoms with van der Waals surface area (Å²) in [6, 6.07) is 10.8. The van der Waals surface area contributed by atoms with Crippen molar-refractivity contribution in [3.8, 4) is 17.0 Å². The van der Waals surface area contributed by atoms with Crippen LogP contribution in [-0.2, 0) is 6.54 Å². The summed E-state index contributed by atoms with van der Waals surface area (Å²) in [4.78, 5) is 27.5. The number of rotatable bonds is 3. The Hall–Kier alpha value is -3.06. The lowest BCUT2D eigenvalue weighted by atomic mass is 9.83. The second kappa shape index (κ2) is 7.32. The number of nitrogens with one attached hydrogen (secondary N) is 1. The number of likely N-dealkylation sites (tertiary alicyclic amines) is 1. The zero-order valence-corrected chi connectivity index (χ0v) is 17.2. The van der Waals surface area contributed by atoms with Gasteiger partial charge >= 0.3 is 0 Å². The maximum absolute atomic E-state index is 13.4. The van der Waals surface area contributed by atoms with Crippen molar-refractivity contribution in [3.63, 3.8) is 0 Å². The molecule has 2 unspecified atom stereocenters. The van der Waals surface area contributed by atoms with E-state index in [0.29, 0.717) is 41.7 Å². The van der Waals surface area contributed by atoms with Crippen molar-refractivity contribution in [2.24, 2.45) is 5.92 Å². The van der Waals surface area contributed by atoms with Crippen LogP contribution in [0.15, 0.2) is 47.4 Å². The molecule has 0 saturated carbocycles. The number of H-pyrrole nitrogens is 1. The van der Waals surface area contributed by atoms with Gasteiger partial charge in [0.25, 0.3) is 11.5 Å². The molecule has 8 heteroatoms. The molecule has 2 atom stereocenters. The summed E-state index contributed by atoms with van der Waals surface area (Å²) in [7, 11) is 1.56. The molecule has 2 aliphatic rings. The van der Waals surface area contributed by atoms with Gasteiger partial charge in [0.15, 0.2) is 0 Å². The van der Waals surface area contributed by atoms with Gasteiger partial charge in [-0.15, -0.1) is 0 Å². The third-order valence-electron chi connectivity index (χ3n) is 6.08. The molecule has 0 radical (unpaired) electrons. The number of hydrogen-bond donors (Lipinski definition) is 1. The highest BCUT2D eigenvalue weighted by molar-refractivity contribution is 6.32. The van der Waals surface area contributed by atoms with Crippen molar-refractivity contribution < 1.29 is 9.53 Å². The molecule has 0 aliphatic carbocycles. The first kappa shape index (κ1) is 18.9. The topological polar surface area (TPSA) is 80.2 Å². The molecule has 3 aromatic rings. The number of hydrogen-bond acceptors (Lipinski definition) is 4. The molecule has 30 heavy (non-hydrogen) atoms. The van der Waals surface area contributed by atoms with E-state index in [1.165, 1.54) is 0 Å². The number of carbonyl (C=O) groups is 1. The lowest BCUT2D eigenvalue weighted by Gasteiger charge is -2.42. The summed E-state index contributed by atoms with van der Waals surface area (Å²) in [5.74, 6) is 0.949. The van der Waals surface area contributed by atoms with E-state index < -0.39 is 0 Å². The van der Waals surface area contributed by atoms with E-state index in [2.05, 4.69) is 10.2 Å². The molecule has 4 heterocycles. The first-order chi connectivity index (χ1) is 14.5. The normalized spacial score (nSPS) is 20.0. The fraction of sp³-hybridized carbons (Fsp3) is 0.318. The fourth-order valence-corrected chi connectivity index (χ4v) is 4.98. The van der Waals surface area contributed by atoms with E-state index in [4.69, 9.17) is 16.3 Å². The summed E-state index contributed by atoms with van der Waals surface area (Å²) >= 11 is 6.27. The second-order valence-electron chi connectivity index (χ2n) is 7.92. The Morgan fingerprint density at radius 2 is 2.10 bits per heavy atom. The van der Waals surface area contributed by atoms with Gasteiger partial charge in [0, 0.05) is 42.9 Å². The maximum Gasteiger partial charge on any atom is 0.257 e. The standard InChI is InChI=1S/C22H21ClN4O3/c1-30-19-6-5-14(8-17(19)23)21-16(9-24-25-21)22(29)26-10-13-7-15(12-26)18-3-2-4-20(28)27(18)11-13/h2-6,8-9,13,15H,7,10-12H2,1H3,(H,24,25). The zero-order chi connectivity index (χ0) is 20.8. The van der Waals surface area contributed by atoms with Crippen LogP contribution in [-0.4, -0.2) is 45.8 Å². The number of nitrogens with zero attached hydrogens (tertiary/aromatic N) is 3. The maximum atomic E-state index is 13.4. The summed E-state index contributed by atoms with van der Waals surface area (Å²) in [5, 5.41) is 7.52. The molecular weight excluding hydrogens is 404 g/mol. The van der Waals surface area contributed by atoms with Gasteiger partial charge in [0.1, 0.15) is 5.75 Å². The Kier molecular flexibility index (Phi) is 4.62. The minimum absolute atomic E-state index is 0.0375. The number of aromatic amines is 1. The lowest BCUT2D eigenvalue weighted by Crippen LogP contribution is -2.49. The molecule has 1 fully saturated rings. The van der Waals surface area contributed by atoms with Gasteiger partial charge < -0.3 is 14.2 Å². The quantitative estimate of drug-likeness (QED) is 0.700. The Morgan fingerprint density at radius 3 is 2.90 bits per heavy atom. The number of halogens is 1. The lowest BCUT2D eigenvalue weighted by molar-refractivity contribution is 0.0595. The SMILES string of the molecule is COc1ccc(-c2[nH]ncc2C(=O)N2CC3CC(C2)c2cccc(=O)n2C3)cc1Cl. The molecule has 1 N–H and O–H groups in total. The van der Waals surface area contributed by atoms with E-state index >= 15 is 0 Å². The highest BCUT2D eigenvalue weighted by Crippen LogP contribution is 2.36. The van der Waals surface area contributed by atoms with Crippen LogP contribution in [0.5, 0.6) is 5.75 Å². The minimum Gasteiger partial charge on any atom is -0.495 e. The number of pyridine rings is 1. The Labute approximate surface area is 178 Å². The first-order valence-electron chi connectivity index (χ1n) is 9.91. The van der Waals surface area contributed by atoms with Crippen molar-refractivity contribution in [2.75, 3.05) is 20.2 Å². The summed E-state index contributed by atoms with van der Waals surface area (Å²) < 4.78 is 7.08. The van der Waals surface area contributed by atoms with Crippen molar-refractivity contribution in [1.29, 1.82) is 0 Å². The molecule has 2 bridgehead atoms. The highest BCUT2D eigenvalue weighted by Gasteiger charge is 2.37. The van der Waals surface area contributed by atoms with Crippen LogP contribution >= 0.6 is 11.6 Å². The van der Waals surface area contributed by atoms with Crippen LogP contribution in [0, 0.1) is 5.92 Å². The van der Waals surface area contributed by atoms with Crippen molar-refractivity contribution in [2.45, 2.75) is 18.9 Å². The Balaban J connectivity index is 1.44. The Bertz CT molecular complexity index is 1190. The van der Waals surface area contributed by atoms with Gasteiger partial charge in [-0.25, -0.2) is 0 Å². The number of ether oxygens (including phenoxy) is 1. The first-order valence-corrected chi connectivity index (χ1v) is 10.3. The number of aromatic nitrogens is 3. The van der Waals surface area contributed by atoms with Gasteiger partial charge in [-0.2, -0.15) is 5.10 Å². The summed E-state index contributed by atoms with van der Waals surface area (Å²) in [6.07, 6.45) is 2.57. The Morgan fingerprint density at radius 1 is 1.23 bits per heavy atom. The predicted molar refractivity (Wildman–Crippen MR) is 113 cm³/mol. The van der Waals surface area contributed by atoms with Crippen LogP contribution in [0.2, 0.25) is 5.02 Å². The van der Waals surface area contributed by atoms with Crippen LogP contribution in [0.25, 0.3) is 11.3 Å². The number of fused-ring (bicyclic) bond motifs is 4. The second-order valence-corrected chi connectivity index (χ2v) is 8.32. The molecule has 7 nitrogen and oxygen atoms in total. The third kappa shape index (κ3) is 3.10. The average molecular weight is 425 g/mol. The zero-order valence-electron chi connectivity index (χ0n) is 16.5. The largest absolute Gasteiger partial charge is 0.495 e. The third-order valence-corrected chi connectivity index (χ3v) is 6.37. The molecule has 5 rings (SSSR count). The van der Waals surface area contributed by atoms with Crippen LogP contribution in [0.1, 0.15) is 28.4 Å². The molecular formula is C22H21ClN4O3. The van der Waals surface area contributed by atoms with Gasteiger partial charge in [-0.1, -0.05) is 17.7 Å². The number of benzene rings is 1. The molecule has 2 aliphatic heterocycles. The van der Waals surface area contributed by atoms with E-state index in [0.717, 1.165) is 17.7 Å². The van der Waals surface area contributed by atoms with Gasteiger partial charge in [-0.05, 0) is 36.6 Å². The predicted octanol–water partition coefficient (Wildman–Crippen LogP) is 3.16. The van der Waals surface area contributed by atoms with E-state index in [9.17, 15) is 9.59 Å². The van der Waals surface area contributed by atoms with Crippen molar-refractivity contribution >= 4 is 17.5 Å². The van der Waals surface area contributed by atoms with E-state index in [1.54, 1.807) is 37.6 Å². The summed E-state index contributed by atoms with van der Waals surface area (Å²) in [5.41, 5.74) is 2.98. The van der Waals surface area contributed by atoms with Gasteiger partial charge in [0.05, 0.1) is 29.6 Å². The number of methoxy groups -OCH3 is 1. The number of carbonyl (C=O) groups excluding carboxylic acids is 1. The highest BCUT2D eigenvalue weighted by atomic mass is 35.5. The molecule has 1 aromatic carbocycles. The van der Waals surface area contributed by atoms with E-state index in [-0.39, 0.29) is 23.3 Å².